The molecule has 0 radical (unpaired) electrons. The number of halogens is 1. The molecule has 0 atom stereocenters. The molecule has 162 valence electrons. The first kappa shape index (κ1) is 20.8. The molecule has 2 aromatic carbocycles. The van der Waals surface area contributed by atoms with Crippen LogP contribution in [0.1, 0.15) is 5.82 Å². The Bertz CT molecular complexity index is 1220. The maximum Gasteiger partial charge on any atom is 0.249 e. The van der Waals surface area contributed by atoms with Crippen molar-refractivity contribution in [3.63, 3.8) is 0 Å². The molecule has 0 aliphatic heterocycles. The first-order chi connectivity index (χ1) is 15.6. The number of carbonyl (C=O) groups is 1. The highest BCUT2D eigenvalue weighted by molar-refractivity contribution is 5.90. The lowest BCUT2D eigenvalue weighted by atomic mass is 10.1. The zero-order valence-electron chi connectivity index (χ0n) is 17.0. The number of hydrogen-bond donors (Lipinski definition) is 1. The smallest absolute Gasteiger partial charge is 0.249 e. The van der Waals surface area contributed by atoms with E-state index in [2.05, 4.69) is 30.7 Å². The van der Waals surface area contributed by atoms with Crippen molar-refractivity contribution in [1.29, 1.82) is 0 Å². The third-order valence-electron chi connectivity index (χ3n) is 4.26. The van der Waals surface area contributed by atoms with Gasteiger partial charge in [0.1, 0.15) is 36.0 Å². The number of carbonyl (C=O) groups excluding carboxylic acids is 1. The largest absolute Gasteiger partial charge is 0.496 e. The number of aromatic nitrogens is 6. The van der Waals surface area contributed by atoms with E-state index in [4.69, 9.17) is 9.47 Å². The second kappa shape index (κ2) is 9.60. The highest BCUT2D eigenvalue weighted by atomic mass is 19.1. The summed E-state index contributed by atoms with van der Waals surface area (Å²) in [5.41, 5.74) is 0.831. The van der Waals surface area contributed by atoms with Crippen LogP contribution in [0.5, 0.6) is 11.5 Å². The number of nitrogens with zero attached hydrogens (tertiary/aromatic N) is 6. The predicted octanol–water partition coefficient (Wildman–Crippen LogP) is 2.50. The zero-order chi connectivity index (χ0) is 22.3. The van der Waals surface area contributed by atoms with Crippen molar-refractivity contribution >= 4 is 11.7 Å². The lowest BCUT2D eigenvalue weighted by Crippen LogP contribution is -2.21. The number of benzene rings is 2. The minimum absolute atomic E-state index is 0.121. The highest BCUT2D eigenvalue weighted by Crippen LogP contribution is 2.29. The Balaban J connectivity index is 1.38. The Kier molecular flexibility index (Phi) is 6.25. The molecule has 0 spiro atoms. The first-order valence-electron chi connectivity index (χ1n) is 9.51. The van der Waals surface area contributed by atoms with Gasteiger partial charge in [0.15, 0.2) is 6.61 Å². The van der Waals surface area contributed by atoms with Crippen LogP contribution in [0.15, 0.2) is 60.9 Å². The summed E-state index contributed by atoms with van der Waals surface area (Å²) >= 11 is 0. The van der Waals surface area contributed by atoms with Gasteiger partial charge in [-0.25, -0.2) is 14.4 Å². The van der Waals surface area contributed by atoms with Gasteiger partial charge < -0.3 is 14.8 Å². The van der Waals surface area contributed by atoms with Crippen molar-refractivity contribution in [2.45, 2.75) is 13.2 Å². The van der Waals surface area contributed by atoms with E-state index in [-0.39, 0.29) is 19.0 Å². The summed E-state index contributed by atoms with van der Waals surface area (Å²) in [7, 11) is 1.48. The number of rotatable bonds is 8. The summed E-state index contributed by atoms with van der Waals surface area (Å²) in [6.07, 6.45) is 1.27. The van der Waals surface area contributed by atoms with Gasteiger partial charge in [0.2, 0.25) is 11.7 Å². The second-order valence-corrected chi connectivity index (χ2v) is 6.52. The van der Waals surface area contributed by atoms with E-state index in [1.165, 1.54) is 37.7 Å². The zero-order valence-corrected chi connectivity index (χ0v) is 17.0. The van der Waals surface area contributed by atoms with Gasteiger partial charge in [-0.1, -0.05) is 18.2 Å². The number of nitrogens with one attached hydrogen (secondary N) is 1. The molecule has 1 amide bonds. The summed E-state index contributed by atoms with van der Waals surface area (Å²) in [4.78, 5) is 21.7. The average molecular weight is 435 g/mol. The standard InChI is InChI=1S/C21H18FN7O3/c1-31-18-8-7-14(22)9-16(18)17-10-19(24-13-23-17)25-21(30)11-29-27-20(26-28-29)12-32-15-5-3-2-4-6-15/h2-10,13H,11-12H2,1H3,(H,23,24,25,30). The fourth-order valence-corrected chi connectivity index (χ4v) is 2.83. The average Bonchev–Trinajstić information content (AvgIpc) is 3.25. The SMILES string of the molecule is COc1ccc(F)cc1-c1cc(NC(=O)Cn2nnc(COc3ccccc3)n2)ncn1. The third-order valence-corrected chi connectivity index (χ3v) is 4.26. The summed E-state index contributed by atoms with van der Waals surface area (Å²) < 4.78 is 24.5. The number of anilines is 1. The topological polar surface area (TPSA) is 117 Å². The van der Waals surface area contributed by atoms with Crippen molar-refractivity contribution in [2.75, 3.05) is 12.4 Å². The van der Waals surface area contributed by atoms with E-state index in [0.717, 1.165) is 4.80 Å². The van der Waals surface area contributed by atoms with Crippen LogP contribution in [0, 0.1) is 5.82 Å². The number of ether oxygens (including phenoxy) is 2. The predicted molar refractivity (Wildman–Crippen MR) is 111 cm³/mol. The molecule has 4 aromatic rings. The van der Waals surface area contributed by atoms with E-state index in [0.29, 0.717) is 28.6 Å². The van der Waals surface area contributed by atoms with E-state index in [1.807, 2.05) is 30.3 Å². The van der Waals surface area contributed by atoms with Crippen molar-refractivity contribution in [2.24, 2.45) is 0 Å². The summed E-state index contributed by atoms with van der Waals surface area (Å²) in [6.45, 7) is -0.0582. The molecule has 0 fully saturated rings. The summed E-state index contributed by atoms with van der Waals surface area (Å²) in [5.74, 6) is 0.835. The Labute approximate surface area is 182 Å². The van der Waals surface area contributed by atoms with Gasteiger partial charge in [0.25, 0.3) is 0 Å². The van der Waals surface area contributed by atoms with Crippen LogP contribution in [0.3, 0.4) is 0 Å². The fraction of sp³-hybridized carbons (Fsp3) is 0.143. The number of tetrazole rings is 1. The van der Waals surface area contributed by atoms with E-state index in [9.17, 15) is 9.18 Å². The van der Waals surface area contributed by atoms with Gasteiger partial charge in [-0.05, 0) is 35.5 Å². The van der Waals surface area contributed by atoms with Crippen LogP contribution in [-0.4, -0.2) is 43.2 Å². The quantitative estimate of drug-likeness (QED) is 0.449. The van der Waals surface area contributed by atoms with Crippen LogP contribution < -0.4 is 14.8 Å². The van der Waals surface area contributed by atoms with E-state index in [1.54, 1.807) is 0 Å². The molecule has 0 aliphatic rings. The monoisotopic (exact) mass is 435 g/mol. The molecule has 2 aromatic heterocycles. The van der Waals surface area contributed by atoms with Gasteiger partial charge in [-0.2, -0.15) is 4.80 Å². The number of methoxy groups -OCH3 is 1. The molecule has 11 heteroatoms. The molecule has 0 aliphatic carbocycles. The summed E-state index contributed by atoms with van der Waals surface area (Å²) in [5, 5.41) is 14.5. The van der Waals surface area contributed by atoms with Crippen LogP contribution in [0.2, 0.25) is 0 Å². The molecule has 0 unspecified atom stereocenters. The molecule has 0 bridgehead atoms. The van der Waals surface area contributed by atoms with Crippen molar-refractivity contribution < 1.29 is 18.7 Å². The van der Waals surface area contributed by atoms with Gasteiger partial charge in [0.05, 0.1) is 12.8 Å². The fourth-order valence-electron chi connectivity index (χ4n) is 2.83. The first-order valence-corrected chi connectivity index (χ1v) is 9.51. The molecule has 2 heterocycles. The van der Waals surface area contributed by atoms with Crippen LogP contribution in [-0.2, 0) is 17.9 Å². The maximum atomic E-state index is 13.7. The lowest BCUT2D eigenvalue weighted by Gasteiger charge is -2.09. The van der Waals surface area contributed by atoms with Crippen LogP contribution in [0.4, 0.5) is 10.2 Å². The molecule has 1 N–H and O–H groups in total. The number of amides is 1. The summed E-state index contributed by atoms with van der Waals surface area (Å²) in [6, 6.07) is 14.8. The molecular weight excluding hydrogens is 417 g/mol. The van der Waals surface area contributed by atoms with Gasteiger partial charge in [-0.3, -0.25) is 4.79 Å². The van der Waals surface area contributed by atoms with Gasteiger partial charge >= 0.3 is 0 Å². The van der Waals surface area contributed by atoms with Crippen LogP contribution in [0.25, 0.3) is 11.3 Å². The Hall–Kier alpha value is -4.41. The molecule has 0 saturated heterocycles. The van der Waals surface area contributed by atoms with Gasteiger partial charge in [-0.15, -0.1) is 10.2 Å². The molecule has 4 rings (SSSR count). The Morgan fingerprint density at radius 1 is 1.12 bits per heavy atom. The Morgan fingerprint density at radius 2 is 1.97 bits per heavy atom. The van der Waals surface area contributed by atoms with E-state index < -0.39 is 11.7 Å². The van der Waals surface area contributed by atoms with Crippen LogP contribution >= 0.6 is 0 Å². The second-order valence-electron chi connectivity index (χ2n) is 6.52. The number of para-hydroxylation sites is 1. The molecule has 10 nitrogen and oxygen atoms in total. The van der Waals surface area contributed by atoms with Crippen molar-refractivity contribution in [3.05, 3.63) is 72.6 Å². The third kappa shape index (κ3) is 5.19. The van der Waals surface area contributed by atoms with Gasteiger partial charge in [0, 0.05) is 11.6 Å². The molecule has 32 heavy (non-hydrogen) atoms. The van der Waals surface area contributed by atoms with E-state index >= 15 is 0 Å². The van der Waals surface area contributed by atoms with Crippen molar-refractivity contribution in [1.82, 2.24) is 30.2 Å². The minimum Gasteiger partial charge on any atom is -0.496 e. The Morgan fingerprint density at radius 3 is 2.78 bits per heavy atom. The normalized spacial score (nSPS) is 10.6. The highest BCUT2D eigenvalue weighted by Gasteiger charge is 2.13. The number of hydrogen-bond acceptors (Lipinski definition) is 8. The molecule has 0 saturated carbocycles. The maximum absolute atomic E-state index is 13.7. The lowest BCUT2D eigenvalue weighted by molar-refractivity contribution is -0.117. The van der Waals surface area contributed by atoms with Crippen molar-refractivity contribution in [3.8, 4) is 22.8 Å². The molecular formula is C21H18FN7O3. The minimum atomic E-state index is -0.436.